The summed E-state index contributed by atoms with van der Waals surface area (Å²) < 4.78 is 4.69. The summed E-state index contributed by atoms with van der Waals surface area (Å²) in [6.07, 6.45) is 1.89. The molecule has 0 spiro atoms. The summed E-state index contributed by atoms with van der Waals surface area (Å²) in [5.74, 6) is -1.14. The minimum absolute atomic E-state index is 0. The Kier molecular flexibility index (Phi) is 41.7. The number of carbonyl (C=O) groups is 2. The van der Waals surface area contributed by atoms with E-state index in [1.165, 1.54) is 24.9 Å². The molecule has 0 aliphatic carbocycles. The van der Waals surface area contributed by atoms with Gasteiger partial charge in [-0.25, -0.2) is 0 Å². The monoisotopic (exact) mass is 1050 g/mol. The van der Waals surface area contributed by atoms with E-state index in [1.54, 1.807) is 56.5 Å². The second-order valence-electron chi connectivity index (χ2n) is 12.4. The molecule has 334 valence electrons. The van der Waals surface area contributed by atoms with Gasteiger partial charge in [0.25, 0.3) is 0 Å². The normalized spacial score (nSPS) is 11.0. The van der Waals surface area contributed by atoms with Gasteiger partial charge in [-0.3, -0.25) is 4.79 Å². The number of hydrogen-bond donors (Lipinski definition) is 4. The van der Waals surface area contributed by atoms with Crippen LogP contribution in [0.1, 0.15) is 55.1 Å². The van der Waals surface area contributed by atoms with Crippen molar-refractivity contribution in [3.05, 3.63) is 87.4 Å². The van der Waals surface area contributed by atoms with Gasteiger partial charge in [-0.1, -0.05) is 47.5 Å². The van der Waals surface area contributed by atoms with Crippen molar-refractivity contribution in [2.75, 3.05) is 90.5 Å². The first-order valence-corrected chi connectivity index (χ1v) is 28.7. The zero-order valence-electron chi connectivity index (χ0n) is 35.3. The Bertz CT molecular complexity index is 1980. The van der Waals surface area contributed by atoms with E-state index in [2.05, 4.69) is 27.1 Å². The molecule has 3 aromatic carbocycles. The zero-order chi connectivity index (χ0) is 44.0. The molecule has 3 atom stereocenters. The molecule has 3 rings (SSSR count). The maximum atomic E-state index is 11.6. The third kappa shape index (κ3) is 25.9. The molecule has 0 saturated carbocycles. The summed E-state index contributed by atoms with van der Waals surface area (Å²) in [5, 5.41) is 37.2. The zero-order valence-corrected chi connectivity index (χ0v) is 43.2. The van der Waals surface area contributed by atoms with Gasteiger partial charge < -0.3 is 46.1 Å². The van der Waals surface area contributed by atoms with Crippen molar-refractivity contribution < 1.29 is 55.0 Å². The van der Waals surface area contributed by atoms with E-state index in [0.29, 0.717) is 34.7 Å². The van der Waals surface area contributed by atoms with Crippen LogP contribution in [-0.4, -0.2) is 126 Å². The smallest absolute Gasteiger partial charge is 1.00 e. The van der Waals surface area contributed by atoms with Gasteiger partial charge in [0.2, 0.25) is 0 Å². The summed E-state index contributed by atoms with van der Waals surface area (Å²) in [4.78, 5) is 28.2. The number of halogens is 2. The van der Waals surface area contributed by atoms with Gasteiger partial charge in [-0.15, -0.1) is 0 Å². The van der Waals surface area contributed by atoms with Crippen LogP contribution in [0.3, 0.4) is 0 Å². The molecule has 0 radical (unpaired) electrons. The molecule has 4 N–H and O–H groups in total. The quantitative estimate of drug-likeness (QED) is 0.0993. The van der Waals surface area contributed by atoms with Gasteiger partial charge in [0.15, 0.2) is 17.4 Å². The summed E-state index contributed by atoms with van der Waals surface area (Å²) in [6, 6.07) is 19.2. The van der Waals surface area contributed by atoms with Crippen molar-refractivity contribution in [1.29, 1.82) is 0 Å². The predicted molar refractivity (Wildman–Crippen MR) is 278 cm³/mol. The van der Waals surface area contributed by atoms with E-state index in [4.69, 9.17) is 38.5 Å². The number of esters is 1. The fourth-order valence-electron chi connectivity index (χ4n) is 4.91. The van der Waals surface area contributed by atoms with Crippen LogP contribution in [0.15, 0.2) is 60.7 Å². The molecular weight excluding hydrogens is 992 g/mol. The molecule has 0 fully saturated rings. The number of hydrogen-bond acceptors (Lipinski definition) is 12. The molecule has 0 heterocycles. The molecule has 0 aromatic heterocycles. The number of anilines is 3. The minimum atomic E-state index is -0.642. The number of benzene rings is 3. The molecule has 3 aromatic rings. The maximum Gasteiger partial charge on any atom is 1.00 e. The van der Waals surface area contributed by atoms with Crippen LogP contribution in [0.25, 0.3) is 0 Å². The molecule has 0 aliphatic rings. The fourth-order valence-corrected chi connectivity index (χ4v) is 19.3. The van der Waals surface area contributed by atoms with Gasteiger partial charge in [0.05, 0.1) is 26.2 Å². The maximum absolute atomic E-state index is 11.6. The molecule has 60 heavy (non-hydrogen) atoms. The number of nitrogens with zero attached hydrogens (tertiary/aromatic N) is 3. The Labute approximate surface area is 419 Å². The first-order chi connectivity index (χ1) is 27.7. The Morgan fingerprint density at radius 2 is 1.10 bits per heavy atom. The third-order valence-electron chi connectivity index (χ3n) is 8.08. The topological polar surface area (TPSA) is 134 Å². The van der Waals surface area contributed by atoms with Gasteiger partial charge >= 0.3 is 24.8 Å². The second kappa shape index (κ2) is 39.1. The standard InChI is InChI=1S/C13H16ClNO3.C12H18ClNO2.C12H19NO2.Al.Li.S9.4H/c1-15(2)9-4-5-10(12(14)8-9)11(6-7-16)13(17)18-3;1-14(2)10-3-4-11(12(13)7-10)9(8-16)5-6-15;1-13(2)12-5-3-10(4-6-12)11(9-15)7-8-14;;;1-3-5-7-9-8-6-4-2;;;;/h4-5,7-8,11H,6H2,1-3H3;3-4,7,9,15-16H,5-6,8H2,1-2H3;3-6,11,14-15H,7-9H2,1-2H3;;;;;;;/q;;;;+1;;;;;-1/t11-;9-;11-;;;;;;;/m100......./s1. The number of aldehydes is 1. The average molecular weight is 1050 g/mol. The number of methoxy groups -OCH3 is 1. The van der Waals surface area contributed by atoms with Crippen LogP contribution in [0, 0.1) is 0 Å². The van der Waals surface area contributed by atoms with Crippen LogP contribution >= 0.6 is 23.2 Å². The Morgan fingerprint density at radius 1 is 0.700 bits per heavy atom. The summed E-state index contributed by atoms with van der Waals surface area (Å²) in [5.41, 5.74) is 5.68. The molecule has 10 nitrogen and oxygen atoms in total. The van der Waals surface area contributed by atoms with Crippen molar-refractivity contribution in [2.24, 2.45) is 0 Å². The van der Waals surface area contributed by atoms with Crippen molar-refractivity contribution >= 4 is 154 Å². The van der Waals surface area contributed by atoms with Crippen molar-refractivity contribution in [2.45, 2.75) is 37.0 Å². The van der Waals surface area contributed by atoms with Crippen LogP contribution in [0.4, 0.5) is 17.1 Å². The van der Waals surface area contributed by atoms with Crippen molar-refractivity contribution in [1.82, 2.24) is 0 Å². The van der Waals surface area contributed by atoms with E-state index in [9.17, 15) is 14.7 Å². The number of aliphatic hydroxyl groups is 4. The first-order valence-electron chi connectivity index (χ1n) is 17.3. The van der Waals surface area contributed by atoms with Crippen LogP contribution in [0.5, 0.6) is 0 Å². The molecule has 0 bridgehead atoms. The Morgan fingerprint density at radius 3 is 1.45 bits per heavy atom. The number of ether oxygens (including phenoxy) is 1. The van der Waals surface area contributed by atoms with Crippen LogP contribution in [0.2, 0.25) is 10.0 Å². The molecule has 0 aliphatic heterocycles. The SMILES string of the molecule is CN(C)c1ccc([C@H](CO)CCO)c(Cl)c1.CN(C)c1ccc([C@H](CO)CCO)cc1.COC(=O)[C@H](CC=O)c1ccc(N(C)C)cc1Cl.S=S=S=S=S=S=S=S=S.[AlH3].[H-].[Li+]. The van der Waals surface area contributed by atoms with Gasteiger partial charge in [-0.05, 0) is 65.9 Å². The Balaban J connectivity index is -0.000000357. The van der Waals surface area contributed by atoms with E-state index in [1.807, 2.05) is 106 Å². The second-order valence-corrected chi connectivity index (χ2v) is 25.6. The van der Waals surface area contributed by atoms with Gasteiger partial charge in [-0.2, -0.15) is 0 Å². The van der Waals surface area contributed by atoms with Crippen LogP contribution in [-0.2, 0) is 98.9 Å². The molecule has 0 amide bonds. The van der Waals surface area contributed by atoms with Crippen molar-refractivity contribution in [3.8, 4) is 0 Å². The van der Waals surface area contributed by atoms with E-state index in [-0.39, 0.29) is 82.3 Å². The molecule has 0 unspecified atom stereocenters. The fraction of sp³-hybridized carbons (Fsp3) is 0.459. The molecule has 0 saturated heterocycles. The predicted octanol–water partition coefficient (Wildman–Crippen LogP) is 1.24. The third-order valence-corrected chi connectivity index (χ3v) is 22.1. The largest absolute Gasteiger partial charge is 1.00 e. The summed E-state index contributed by atoms with van der Waals surface area (Å²) in [7, 11) is 23.9. The van der Waals surface area contributed by atoms with E-state index < -0.39 is 11.9 Å². The van der Waals surface area contributed by atoms with Gasteiger partial charge in [0.1, 0.15) is 6.29 Å². The Hall–Kier alpha value is -0.270. The number of aliphatic hydroxyl groups excluding tert-OH is 4. The molecular formula is C37H57AlCl2LiN3O7S9. The van der Waals surface area contributed by atoms with E-state index in [0.717, 1.165) is 28.2 Å². The first kappa shape index (κ1) is 64.0. The number of rotatable bonds is 15. The number of carbonyl (C=O) groups excluding carboxylic acids is 2. The van der Waals surface area contributed by atoms with Gasteiger partial charge in [0, 0.05) is 185 Å². The van der Waals surface area contributed by atoms with Crippen molar-refractivity contribution in [3.63, 3.8) is 0 Å². The summed E-state index contributed by atoms with van der Waals surface area (Å²) in [6.45, 7) is 0.251. The van der Waals surface area contributed by atoms with E-state index >= 15 is 0 Å². The van der Waals surface area contributed by atoms with Crippen LogP contribution < -0.4 is 33.6 Å². The summed E-state index contributed by atoms with van der Waals surface area (Å²) >= 11 is 21.6. The average Bonchev–Trinajstić information content (AvgIpc) is 3.21. The minimum Gasteiger partial charge on any atom is -1.00 e. The molecule has 23 heteroatoms.